The standard InChI is InChI=1S/C20H20ClN3O2/c1-24(13-14-9-11-15(21)12-10-14)19(25)8-4-7-18-22-17-6-3-2-5-16(17)20(26)23-18/h2-3,5-6,9-12H,4,7-8,13H2,1H3,(H,22,23,26). The lowest BCUT2D eigenvalue weighted by molar-refractivity contribution is -0.130. The molecule has 1 N–H and O–H groups in total. The van der Waals surface area contributed by atoms with Crippen LogP contribution in [0.3, 0.4) is 0 Å². The number of rotatable bonds is 6. The van der Waals surface area contributed by atoms with Crippen molar-refractivity contribution in [3.8, 4) is 0 Å². The van der Waals surface area contributed by atoms with Crippen molar-refractivity contribution in [2.75, 3.05) is 7.05 Å². The molecule has 0 saturated carbocycles. The summed E-state index contributed by atoms with van der Waals surface area (Å²) in [6.45, 7) is 0.543. The molecule has 0 bridgehead atoms. The molecule has 0 saturated heterocycles. The smallest absolute Gasteiger partial charge is 0.258 e. The van der Waals surface area contributed by atoms with Crippen LogP contribution in [0.2, 0.25) is 5.02 Å². The average molecular weight is 370 g/mol. The Morgan fingerprint density at radius 3 is 2.65 bits per heavy atom. The van der Waals surface area contributed by atoms with E-state index in [0.29, 0.717) is 47.6 Å². The molecule has 0 aliphatic heterocycles. The van der Waals surface area contributed by atoms with E-state index in [1.807, 2.05) is 42.5 Å². The molecule has 3 rings (SSSR count). The zero-order chi connectivity index (χ0) is 18.5. The fourth-order valence-electron chi connectivity index (χ4n) is 2.80. The fourth-order valence-corrected chi connectivity index (χ4v) is 2.93. The molecule has 6 heteroatoms. The average Bonchev–Trinajstić information content (AvgIpc) is 2.63. The van der Waals surface area contributed by atoms with Crippen LogP contribution >= 0.6 is 11.6 Å². The van der Waals surface area contributed by atoms with Crippen LogP contribution in [0, 0.1) is 0 Å². The highest BCUT2D eigenvalue weighted by molar-refractivity contribution is 6.30. The van der Waals surface area contributed by atoms with Crippen molar-refractivity contribution in [2.45, 2.75) is 25.8 Å². The Labute approximate surface area is 156 Å². The fraction of sp³-hybridized carbons (Fsp3) is 0.250. The highest BCUT2D eigenvalue weighted by Gasteiger charge is 2.10. The molecule has 0 spiro atoms. The molecule has 1 amide bonds. The van der Waals surface area contributed by atoms with Crippen molar-refractivity contribution < 1.29 is 4.79 Å². The Morgan fingerprint density at radius 2 is 1.88 bits per heavy atom. The summed E-state index contributed by atoms with van der Waals surface area (Å²) in [5.74, 6) is 0.671. The van der Waals surface area contributed by atoms with E-state index in [4.69, 9.17) is 11.6 Å². The van der Waals surface area contributed by atoms with Gasteiger partial charge < -0.3 is 9.88 Å². The van der Waals surface area contributed by atoms with E-state index < -0.39 is 0 Å². The van der Waals surface area contributed by atoms with Gasteiger partial charge in [0.2, 0.25) is 5.91 Å². The predicted octanol–water partition coefficient (Wildman–Crippen LogP) is 3.56. The number of aromatic amines is 1. The minimum Gasteiger partial charge on any atom is -0.341 e. The second-order valence-electron chi connectivity index (χ2n) is 6.26. The summed E-state index contributed by atoms with van der Waals surface area (Å²) in [5, 5.41) is 1.26. The minimum absolute atomic E-state index is 0.0584. The lowest BCUT2D eigenvalue weighted by Gasteiger charge is -2.17. The molecule has 3 aromatic rings. The quantitative estimate of drug-likeness (QED) is 0.722. The van der Waals surface area contributed by atoms with Gasteiger partial charge in [0.05, 0.1) is 10.9 Å². The molecule has 134 valence electrons. The summed E-state index contributed by atoms with van der Waals surface area (Å²) in [6, 6.07) is 14.7. The lowest BCUT2D eigenvalue weighted by Crippen LogP contribution is -2.26. The number of carbonyl (C=O) groups is 1. The van der Waals surface area contributed by atoms with Crippen molar-refractivity contribution in [1.29, 1.82) is 0 Å². The van der Waals surface area contributed by atoms with Crippen molar-refractivity contribution in [3.63, 3.8) is 0 Å². The first-order valence-corrected chi connectivity index (χ1v) is 8.87. The number of carbonyl (C=O) groups excluding carboxylic acids is 1. The first kappa shape index (κ1) is 18.1. The molecule has 0 radical (unpaired) electrons. The Kier molecular flexibility index (Phi) is 5.68. The zero-order valence-corrected chi connectivity index (χ0v) is 15.3. The Balaban J connectivity index is 1.54. The number of nitrogens with zero attached hydrogens (tertiary/aromatic N) is 2. The van der Waals surface area contributed by atoms with Crippen molar-refractivity contribution in [3.05, 3.63) is 75.3 Å². The third kappa shape index (κ3) is 4.49. The van der Waals surface area contributed by atoms with E-state index in [9.17, 15) is 9.59 Å². The van der Waals surface area contributed by atoms with Gasteiger partial charge in [-0.15, -0.1) is 0 Å². The summed E-state index contributed by atoms with van der Waals surface area (Å²) >= 11 is 5.87. The van der Waals surface area contributed by atoms with Crippen LogP contribution in [0.4, 0.5) is 0 Å². The maximum Gasteiger partial charge on any atom is 0.258 e. The van der Waals surface area contributed by atoms with Crippen LogP contribution in [0.5, 0.6) is 0 Å². The Morgan fingerprint density at radius 1 is 1.15 bits per heavy atom. The van der Waals surface area contributed by atoms with Crippen LogP contribution in [0.1, 0.15) is 24.2 Å². The lowest BCUT2D eigenvalue weighted by atomic mass is 10.1. The molecule has 0 fully saturated rings. The number of nitrogens with one attached hydrogen (secondary N) is 1. The Hall–Kier alpha value is -2.66. The first-order valence-electron chi connectivity index (χ1n) is 8.49. The van der Waals surface area contributed by atoms with Gasteiger partial charge in [-0.3, -0.25) is 9.59 Å². The number of aromatic nitrogens is 2. The van der Waals surface area contributed by atoms with E-state index in [2.05, 4.69) is 9.97 Å². The third-order valence-electron chi connectivity index (χ3n) is 4.22. The van der Waals surface area contributed by atoms with Crippen LogP contribution in [-0.4, -0.2) is 27.8 Å². The zero-order valence-electron chi connectivity index (χ0n) is 14.5. The summed E-state index contributed by atoms with van der Waals surface area (Å²) in [6.07, 6.45) is 1.59. The molecule has 5 nitrogen and oxygen atoms in total. The van der Waals surface area contributed by atoms with Gasteiger partial charge in [-0.2, -0.15) is 0 Å². The molecule has 0 aliphatic rings. The monoisotopic (exact) mass is 369 g/mol. The number of H-pyrrole nitrogens is 1. The highest BCUT2D eigenvalue weighted by Crippen LogP contribution is 2.12. The summed E-state index contributed by atoms with van der Waals surface area (Å²) < 4.78 is 0. The summed E-state index contributed by atoms with van der Waals surface area (Å²) in [4.78, 5) is 33.3. The minimum atomic E-state index is -0.142. The maximum absolute atomic E-state index is 12.3. The first-order chi connectivity index (χ1) is 12.5. The molecule has 26 heavy (non-hydrogen) atoms. The van der Waals surface area contributed by atoms with E-state index in [-0.39, 0.29) is 11.5 Å². The van der Waals surface area contributed by atoms with Gasteiger partial charge in [0, 0.05) is 31.5 Å². The van der Waals surface area contributed by atoms with Gasteiger partial charge in [0.25, 0.3) is 5.56 Å². The highest BCUT2D eigenvalue weighted by atomic mass is 35.5. The molecule has 0 aliphatic carbocycles. The SMILES string of the molecule is CN(Cc1ccc(Cl)cc1)C(=O)CCCc1nc2ccccc2c(=O)[nH]1. The van der Waals surface area contributed by atoms with Crippen molar-refractivity contribution in [1.82, 2.24) is 14.9 Å². The van der Waals surface area contributed by atoms with Gasteiger partial charge in [0.1, 0.15) is 5.82 Å². The largest absolute Gasteiger partial charge is 0.341 e. The van der Waals surface area contributed by atoms with Crippen molar-refractivity contribution >= 4 is 28.4 Å². The number of fused-ring (bicyclic) bond motifs is 1. The van der Waals surface area contributed by atoms with Crippen LogP contribution in [-0.2, 0) is 17.8 Å². The molecule has 0 unspecified atom stereocenters. The number of amides is 1. The molecular formula is C20H20ClN3O2. The molecular weight excluding hydrogens is 350 g/mol. The normalized spacial score (nSPS) is 10.8. The van der Waals surface area contributed by atoms with Gasteiger partial charge in [-0.25, -0.2) is 4.98 Å². The number of para-hydroxylation sites is 1. The van der Waals surface area contributed by atoms with Gasteiger partial charge in [0.15, 0.2) is 0 Å². The number of halogens is 1. The van der Waals surface area contributed by atoms with Crippen molar-refractivity contribution in [2.24, 2.45) is 0 Å². The number of benzene rings is 2. The number of aryl methyl sites for hydroxylation is 1. The van der Waals surface area contributed by atoms with E-state index >= 15 is 0 Å². The molecule has 1 aromatic heterocycles. The predicted molar refractivity (Wildman–Crippen MR) is 103 cm³/mol. The third-order valence-corrected chi connectivity index (χ3v) is 4.48. The molecule has 0 atom stereocenters. The van der Waals surface area contributed by atoms with Gasteiger partial charge in [-0.1, -0.05) is 35.9 Å². The number of hydrogen-bond acceptors (Lipinski definition) is 3. The van der Waals surface area contributed by atoms with Gasteiger partial charge in [-0.05, 0) is 36.2 Å². The topological polar surface area (TPSA) is 66.1 Å². The number of hydrogen-bond donors (Lipinski definition) is 1. The van der Waals surface area contributed by atoms with E-state index in [1.54, 1.807) is 18.0 Å². The van der Waals surface area contributed by atoms with Crippen LogP contribution in [0.15, 0.2) is 53.3 Å². The Bertz CT molecular complexity index is 967. The van der Waals surface area contributed by atoms with E-state index in [0.717, 1.165) is 5.56 Å². The molecule has 2 aromatic carbocycles. The van der Waals surface area contributed by atoms with Crippen LogP contribution in [0.25, 0.3) is 10.9 Å². The van der Waals surface area contributed by atoms with Crippen LogP contribution < -0.4 is 5.56 Å². The summed E-state index contributed by atoms with van der Waals surface area (Å²) in [7, 11) is 1.78. The van der Waals surface area contributed by atoms with E-state index in [1.165, 1.54) is 0 Å². The summed E-state index contributed by atoms with van der Waals surface area (Å²) in [5.41, 5.74) is 1.57. The molecule has 1 heterocycles. The second kappa shape index (κ2) is 8.15. The van der Waals surface area contributed by atoms with Gasteiger partial charge >= 0.3 is 0 Å². The maximum atomic E-state index is 12.3. The second-order valence-corrected chi connectivity index (χ2v) is 6.70.